The first-order chi connectivity index (χ1) is 7.33. The fourth-order valence-electron chi connectivity index (χ4n) is 2.49. The second-order valence-electron chi connectivity index (χ2n) is 4.89. The molecule has 15 heavy (non-hydrogen) atoms. The molecule has 1 aromatic heterocycles. The molecule has 0 aromatic carbocycles. The monoisotopic (exact) mass is 207 g/mol. The molecule has 2 aliphatic rings. The van der Waals surface area contributed by atoms with Crippen LogP contribution in [-0.4, -0.2) is 16.2 Å². The second-order valence-corrected chi connectivity index (χ2v) is 4.89. The van der Waals surface area contributed by atoms with Crippen molar-refractivity contribution in [3.8, 4) is 0 Å². The third-order valence-corrected chi connectivity index (χ3v) is 3.75. The maximum Gasteiger partial charge on any atom is 0.229 e. The molecule has 3 rings (SSSR count). The maximum atomic E-state index is 5.88. The first kappa shape index (κ1) is 9.33. The highest BCUT2D eigenvalue weighted by Gasteiger charge is 2.30. The van der Waals surface area contributed by atoms with E-state index in [1.54, 1.807) is 0 Å². The van der Waals surface area contributed by atoms with Crippen LogP contribution in [-0.2, 0) is 0 Å². The number of hydrogen-bond acceptors (Lipinski definition) is 4. The number of aromatic nitrogens is 2. The van der Waals surface area contributed by atoms with E-state index >= 15 is 0 Å². The van der Waals surface area contributed by atoms with E-state index in [9.17, 15) is 0 Å². The average molecular weight is 207 g/mol. The highest BCUT2D eigenvalue weighted by atomic mass is 16.5. The summed E-state index contributed by atoms with van der Waals surface area (Å²) in [5.41, 5.74) is 5.88. The molecule has 0 radical (unpaired) electrons. The van der Waals surface area contributed by atoms with Crippen LogP contribution in [0.5, 0.6) is 0 Å². The third kappa shape index (κ3) is 1.67. The minimum atomic E-state index is 0.328. The van der Waals surface area contributed by atoms with Gasteiger partial charge in [0.2, 0.25) is 5.89 Å². The zero-order valence-corrected chi connectivity index (χ0v) is 8.85. The summed E-state index contributed by atoms with van der Waals surface area (Å²) in [6.07, 6.45) is 6.96. The summed E-state index contributed by atoms with van der Waals surface area (Å²) in [5, 5.41) is 4.08. The molecule has 1 aromatic rings. The molecule has 0 aliphatic heterocycles. The van der Waals surface area contributed by atoms with Crippen molar-refractivity contribution in [2.45, 2.75) is 56.4 Å². The van der Waals surface area contributed by atoms with Crippen LogP contribution in [0.1, 0.15) is 62.1 Å². The molecule has 2 atom stereocenters. The Hall–Kier alpha value is -0.900. The molecule has 2 aliphatic carbocycles. The molecule has 4 heteroatoms. The van der Waals surface area contributed by atoms with Crippen molar-refractivity contribution in [1.82, 2.24) is 10.1 Å². The molecule has 2 unspecified atom stereocenters. The molecular formula is C11H17N3O. The fourth-order valence-corrected chi connectivity index (χ4v) is 2.49. The van der Waals surface area contributed by atoms with Crippen LogP contribution >= 0.6 is 0 Å². The van der Waals surface area contributed by atoms with Gasteiger partial charge in [0.1, 0.15) is 0 Å². The predicted octanol–water partition coefficient (Wildman–Crippen LogP) is 1.93. The molecule has 0 bridgehead atoms. The first-order valence-corrected chi connectivity index (χ1v) is 5.92. The van der Waals surface area contributed by atoms with E-state index in [2.05, 4.69) is 10.1 Å². The minimum absolute atomic E-state index is 0.328. The summed E-state index contributed by atoms with van der Waals surface area (Å²) < 4.78 is 5.34. The number of rotatable bonds is 2. The molecule has 0 amide bonds. The van der Waals surface area contributed by atoms with Gasteiger partial charge in [0.05, 0.1) is 0 Å². The zero-order valence-electron chi connectivity index (χ0n) is 8.85. The van der Waals surface area contributed by atoms with Gasteiger partial charge in [-0.15, -0.1) is 0 Å². The van der Waals surface area contributed by atoms with Gasteiger partial charge in [0.15, 0.2) is 5.82 Å². The lowest BCUT2D eigenvalue weighted by Crippen LogP contribution is -2.14. The smallest absolute Gasteiger partial charge is 0.229 e. The van der Waals surface area contributed by atoms with Crippen LogP contribution < -0.4 is 5.73 Å². The van der Waals surface area contributed by atoms with Gasteiger partial charge < -0.3 is 10.3 Å². The Balaban J connectivity index is 1.72. The molecule has 82 valence electrons. The van der Waals surface area contributed by atoms with Gasteiger partial charge in [-0.05, 0) is 32.1 Å². The van der Waals surface area contributed by atoms with E-state index in [-0.39, 0.29) is 0 Å². The van der Waals surface area contributed by atoms with Gasteiger partial charge in [-0.2, -0.15) is 4.98 Å². The Morgan fingerprint density at radius 2 is 2.00 bits per heavy atom. The summed E-state index contributed by atoms with van der Waals surface area (Å²) in [6.45, 7) is 0. The van der Waals surface area contributed by atoms with Crippen molar-refractivity contribution < 1.29 is 4.52 Å². The lowest BCUT2D eigenvalue weighted by atomic mass is 9.85. The summed E-state index contributed by atoms with van der Waals surface area (Å²) >= 11 is 0. The van der Waals surface area contributed by atoms with Crippen LogP contribution in [0.2, 0.25) is 0 Å². The topological polar surface area (TPSA) is 64.9 Å². The van der Waals surface area contributed by atoms with Crippen LogP contribution in [0, 0.1) is 0 Å². The SMILES string of the molecule is NC1CCC(c2nc(C3CCC3)no2)C1. The minimum Gasteiger partial charge on any atom is -0.339 e. The highest BCUT2D eigenvalue weighted by molar-refractivity contribution is 5.04. The van der Waals surface area contributed by atoms with Gasteiger partial charge >= 0.3 is 0 Å². The Labute approximate surface area is 89.2 Å². The van der Waals surface area contributed by atoms with E-state index in [1.807, 2.05) is 0 Å². The molecule has 0 saturated heterocycles. The van der Waals surface area contributed by atoms with Crippen molar-refractivity contribution in [2.75, 3.05) is 0 Å². The van der Waals surface area contributed by atoms with Crippen molar-refractivity contribution in [2.24, 2.45) is 5.73 Å². The fraction of sp³-hybridized carbons (Fsp3) is 0.818. The Morgan fingerprint density at radius 1 is 1.13 bits per heavy atom. The van der Waals surface area contributed by atoms with Crippen LogP contribution in [0.25, 0.3) is 0 Å². The van der Waals surface area contributed by atoms with Crippen molar-refractivity contribution in [3.05, 3.63) is 11.7 Å². The zero-order chi connectivity index (χ0) is 10.3. The largest absolute Gasteiger partial charge is 0.339 e. The molecule has 0 spiro atoms. The van der Waals surface area contributed by atoms with Gasteiger partial charge in [-0.3, -0.25) is 0 Å². The van der Waals surface area contributed by atoms with E-state index in [1.165, 1.54) is 19.3 Å². The number of nitrogens with zero attached hydrogens (tertiary/aromatic N) is 2. The van der Waals surface area contributed by atoms with Crippen molar-refractivity contribution in [3.63, 3.8) is 0 Å². The predicted molar refractivity (Wildman–Crippen MR) is 55.5 cm³/mol. The summed E-state index contributed by atoms with van der Waals surface area (Å²) in [4.78, 5) is 4.52. The maximum absolute atomic E-state index is 5.88. The Bertz CT molecular complexity index is 345. The van der Waals surface area contributed by atoms with Gasteiger partial charge in [0, 0.05) is 17.9 Å². The number of nitrogens with two attached hydrogens (primary N) is 1. The Kier molecular flexibility index (Phi) is 2.24. The van der Waals surface area contributed by atoms with E-state index < -0.39 is 0 Å². The molecule has 4 nitrogen and oxygen atoms in total. The quantitative estimate of drug-likeness (QED) is 0.804. The number of hydrogen-bond donors (Lipinski definition) is 1. The third-order valence-electron chi connectivity index (χ3n) is 3.75. The highest BCUT2D eigenvalue weighted by Crippen LogP contribution is 2.37. The van der Waals surface area contributed by atoms with E-state index in [4.69, 9.17) is 10.3 Å². The molecular weight excluding hydrogens is 190 g/mol. The van der Waals surface area contributed by atoms with Crippen LogP contribution in [0.3, 0.4) is 0 Å². The standard InChI is InChI=1S/C11H17N3O/c12-9-5-4-8(6-9)11-13-10(14-15-11)7-2-1-3-7/h7-9H,1-6,12H2. The van der Waals surface area contributed by atoms with Crippen molar-refractivity contribution in [1.29, 1.82) is 0 Å². The molecule has 1 heterocycles. The summed E-state index contributed by atoms with van der Waals surface area (Å²) in [6, 6.07) is 0.328. The van der Waals surface area contributed by atoms with Crippen LogP contribution in [0.15, 0.2) is 4.52 Å². The van der Waals surface area contributed by atoms with Gasteiger partial charge in [-0.25, -0.2) is 0 Å². The first-order valence-electron chi connectivity index (χ1n) is 5.92. The lowest BCUT2D eigenvalue weighted by molar-refractivity contribution is 0.333. The average Bonchev–Trinajstić information content (AvgIpc) is 2.70. The summed E-state index contributed by atoms with van der Waals surface area (Å²) in [7, 11) is 0. The van der Waals surface area contributed by atoms with E-state index in [0.717, 1.165) is 31.0 Å². The second kappa shape index (κ2) is 3.59. The molecule has 2 fully saturated rings. The normalized spacial score (nSPS) is 31.8. The summed E-state index contributed by atoms with van der Waals surface area (Å²) in [5.74, 6) is 2.74. The molecule has 2 N–H and O–H groups in total. The van der Waals surface area contributed by atoms with Gasteiger partial charge in [-0.1, -0.05) is 11.6 Å². The van der Waals surface area contributed by atoms with Gasteiger partial charge in [0.25, 0.3) is 0 Å². The molecule has 2 saturated carbocycles. The Morgan fingerprint density at radius 3 is 2.60 bits per heavy atom. The lowest BCUT2D eigenvalue weighted by Gasteiger charge is -2.21. The van der Waals surface area contributed by atoms with E-state index in [0.29, 0.717) is 17.9 Å². The van der Waals surface area contributed by atoms with Crippen LogP contribution in [0.4, 0.5) is 0 Å². The van der Waals surface area contributed by atoms with Crippen molar-refractivity contribution >= 4 is 0 Å².